The molecule has 1 heterocycles. The van der Waals surface area contributed by atoms with Crippen molar-refractivity contribution in [2.75, 3.05) is 13.1 Å². The van der Waals surface area contributed by atoms with Gasteiger partial charge in [0, 0.05) is 11.9 Å². The highest BCUT2D eigenvalue weighted by Crippen LogP contribution is 2.20. The van der Waals surface area contributed by atoms with Gasteiger partial charge in [0.2, 0.25) is 0 Å². The summed E-state index contributed by atoms with van der Waals surface area (Å²) in [6, 6.07) is 8.25. The van der Waals surface area contributed by atoms with Crippen molar-refractivity contribution < 1.29 is 14.3 Å². The summed E-state index contributed by atoms with van der Waals surface area (Å²) in [5.41, 5.74) is 1.98. The average molecular weight is 384 g/mol. The Hall–Kier alpha value is -1.07. The Kier molecular flexibility index (Phi) is 6.48. The molecule has 1 atom stereocenters. The van der Waals surface area contributed by atoms with Gasteiger partial charge in [-0.05, 0) is 44.7 Å². The highest BCUT2D eigenvalue weighted by atomic mass is 79.9. The van der Waals surface area contributed by atoms with Crippen LogP contribution in [0.25, 0.3) is 0 Å². The molecule has 0 spiro atoms. The van der Waals surface area contributed by atoms with E-state index in [0.29, 0.717) is 13.2 Å². The second kappa shape index (κ2) is 8.15. The van der Waals surface area contributed by atoms with Crippen LogP contribution in [0.15, 0.2) is 24.3 Å². The van der Waals surface area contributed by atoms with Crippen molar-refractivity contribution in [2.45, 2.75) is 57.3 Å². The van der Waals surface area contributed by atoms with E-state index in [1.165, 1.54) is 11.1 Å². The fourth-order valence-electron chi connectivity index (χ4n) is 2.60. The number of alkyl halides is 1. The van der Waals surface area contributed by atoms with E-state index < -0.39 is 5.60 Å². The fourth-order valence-corrected chi connectivity index (χ4v) is 3.15. The summed E-state index contributed by atoms with van der Waals surface area (Å²) < 4.78 is 11.5. The minimum Gasteiger partial charge on any atom is -0.444 e. The molecule has 0 aliphatic carbocycles. The summed E-state index contributed by atoms with van der Waals surface area (Å²) in [7, 11) is 0. The molecule has 1 saturated heterocycles. The van der Waals surface area contributed by atoms with Gasteiger partial charge in [-0.25, -0.2) is 4.79 Å². The topological polar surface area (TPSA) is 38.8 Å². The van der Waals surface area contributed by atoms with E-state index in [-0.39, 0.29) is 12.2 Å². The smallest absolute Gasteiger partial charge is 0.410 e. The molecule has 1 unspecified atom stereocenters. The number of carbonyl (C=O) groups excluding carboxylic acids is 1. The summed E-state index contributed by atoms with van der Waals surface area (Å²) in [6.45, 7) is 7.59. The van der Waals surface area contributed by atoms with Gasteiger partial charge in [0.1, 0.15) is 5.60 Å². The van der Waals surface area contributed by atoms with E-state index in [0.717, 1.165) is 24.7 Å². The minimum atomic E-state index is -0.459. The van der Waals surface area contributed by atoms with Crippen LogP contribution in [-0.2, 0) is 21.4 Å². The summed E-state index contributed by atoms with van der Waals surface area (Å²) >= 11 is 3.51. The van der Waals surface area contributed by atoms with Crippen LogP contribution in [0.4, 0.5) is 4.79 Å². The summed E-state index contributed by atoms with van der Waals surface area (Å²) in [5.74, 6) is 0. The van der Waals surface area contributed by atoms with Crippen LogP contribution in [-0.4, -0.2) is 35.8 Å². The first-order valence-electron chi connectivity index (χ1n) is 8.11. The second-order valence-corrected chi connectivity index (χ2v) is 7.46. The number of carbonyl (C=O) groups is 1. The number of likely N-dealkylation sites (tertiary alicyclic amines) is 1. The largest absolute Gasteiger partial charge is 0.444 e. The van der Waals surface area contributed by atoms with Crippen LogP contribution in [0, 0.1) is 0 Å². The Bertz CT molecular complexity index is 527. The molecule has 0 radical (unpaired) electrons. The fraction of sp³-hybridized carbons (Fsp3) is 0.611. The predicted octanol–water partition coefficient (Wildman–Crippen LogP) is 4.50. The standard InChI is InChI=1S/C18H26BrNO3/c1-18(2,3)23-17(21)20-10-6-9-16(12-20)22-13-15-8-5-4-7-14(15)11-19/h4-5,7-8,16H,6,9-13H2,1-3H3. The molecule has 0 N–H and O–H groups in total. The summed E-state index contributed by atoms with van der Waals surface area (Å²) in [6.07, 6.45) is 1.76. The Morgan fingerprint density at radius 2 is 2.00 bits per heavy atom. The summed E-state index contributed by atoms with van der Waals surface area (Å²) in [5, 5.41) is 0.821. The molecule has 1 aliphatic heterocycles. The van der Waals surface area contributed by atoms with Gasteiger partial charge < -0.3 is 14.4 Å². The zero-order valence-electron chi connectivity index (χ0n) is 14.2. The lowest BCUT2D eigenvalue weighted by Crippen LogP contribution is -2.45. The molecule has 128 valence electrons. The number of ether oxygens (including phenoxy) is 2. The quantitative estimate of drug-likeness (QED) is 0.718. The lowest BCUT2D eigenvalue weighted by Gasteiger charge is -2.34. The second-order valence-electron chi connectivity index (χ2n) is 6.90. The molecule has 2 rings (SSSR count). The van der Waals surface area contributed by atoms with Gasteiger partial charge >= 0.3 is 6.09 Å². The molecule has 1 fully saturated rings. The van der Waals surface area contributed by atoms with Gasteiger partial charge in [-0.2, -0.15) is 0 Å². The van der Waals surface area contributed by atoms with Crippen LogP contribution in [0.2, 0.25) is 0 Å². The van der Waals surface area contributed by atoms with Crippen molar-refractivity contribution in [3.8, 4) is 0 Å². The van der Waals surface area contributed by atoms with Crippen LogP contribution in [0.5, 0.6) is 0 Å². The first kappa shape index (κ1) is 18.3. The maximum absolute atomic E-state index is 12.2. The maximum atomic E-state index is 12.2. The van der Waals surface area contributed by atoms with Gasteiger partial charge in [0.25, 0.3) is 0 Å². The molecule has 1 aliphatic rings. The van der Waals surface area contributed by atoms with Crippen LogP contribution in [0.1, 0.15) is 44.7 Å². The Morgan fingerprint density at radius 3 is 2.65 bits per heavy atom. The lowest BCUT2D eigenvalue weighted by atomic mass is 10.1. The lowest BCUT2D eigenvalue weighted by molar-refractivity contribution is -0.0259. The Labute approximate surface area is 147 Å². The third-order valence-corrected chi connectivity index (χ3v) is 4.37. The number of amides is 1. The molecule has 0 aromatic heterocycles. The van der Waals surface area contributed by atoms with Crippen molar-refractivity contribution in [3.63, 3.8) is 0 Å². The SMILES string of the molecule is CC(C)(C)OC(=O)N1CCCC(OCc2ccccc2CBr)C1. The first-order chi connectivity index (χ1) is 10.9. The number of piperidine rings is 1. The molecule has 5 heteroatoms. The monoisotopic (exact) mass is 383 g/mol. The van der Waals surface area contributed by atoms with Gasteiger partial charge in [0.15, 0.2) is 0 Å². The van der Waals surface area contributed by atoms with E-state index in [1.807, 2.05) is 32.9 Å². The molecule has 0 bridgehead atoms. The molecule has 1 aromatic carbocycles. The molecular weight excluding hydrogens is 358 g/mol. The Balaban J connectivity index is 1.88. The van der Waals surface area contributed by atoms with Crippen LogP contribution in [0.3, 0.4) is 0 Å². The van der Waals surface area contributed by atoms with Crippen molar-refractivity contribution in [1.82, 2.24) is 4.90 Å². The molecule has 23 heavy (non-hydrogen) atoms. The van der Waals surface area contributed by atoms with Gasteiger partial charge in [-0.1, -0.05) is 40.2 Å². The van der Waals surface area contributed by atoms with E-state index >= 15 is 0 Å². The third kappa shape index (κ3) is 5.81. The van der Waals surface area contributed by atoms with Crippen molar-refractivity contribution in [2.24, 2.45) is 0 Å². The number of hydrogen-bond acceptors (Lipinski definition) is 3. The minimum absolute atomic E-state index is 0.0691. The van der Waals surface area contributed by atoms with E-state index in [1.54, 1.807) is 4.90 Å². The number of halogens is 1. The van der Waals surface area contributed by atoms with Gasteiger partial charge in [-0.3, -0.25) is 0 Å². The van der Waals surface area contributed by atoms with E-state index in [9.17, 15) is 4.79 Å². The third-order valence-electron chi connectivity index (χ3n) is 3.77. The number of hydrogen-bond donors (Lipinski definition) is 0. The highest BCUT2D eigenvalue weighted by Gasteiger charge is 2.28. The van der Waals surface area contributed by atoms with Crippen molar-refractivity contribution in [3.05, 3.63) is 35.4 Å². The molecule has 4 nitrogen and oxygen atoms in total. The zero-order valence-corrected chi connectivity index (χ0v) is 15.8. The first-order valence-corrected chi connectivity index (χ1v) is 9.23. The van der Waals surface area contributed by atoms with Crippen molar-refractivity contribution >= 4 is 22.0 Å². The summed E-state index contributed by atoms with van der Waals surface area (Å²) in [4.78, 5) is 13.9. The number of rotatable bonds is 4. The normalized spacial score (nSPS) is 18.8. The number of benzene rings is 1. The average Bonchev–Trinajstić information content (AvgIpc) is 2.52. The molecule has 1 aromatic rings. The van der Waals surface area contributed by atoms with E-state index in [2.05, 4.69) is 28.1 Å². The molecular formula is C18H26BrNO3. The van der Waals surface area contributed by atoms with Gasteiger partial charge in [0.05, 0.1) is 19.3 Å². The Morgan fingerprint density at radius 1 is 1.30 bits per heavy atom. The van der Waals surface area contributed by atoms with Crippen LogP contribution < -0.4 is 0 Å². The van der Waals surface area contributed by atoms with Crippen LogP contribution >= 0.6 is 15.9 Å². The predicted molar refractivity (Wildman–Crippen MR) is 94.7 cm³/mol. The zero-order chi connectivity index (χ0) is 16.9. The highest BCUT2D eigenvalue weighted by molar-refractivity contribution is 9.08. The molecule has 0 saturated carbocycles. The van der Waals surface area contributed by atoms with Crippen molar-refractivity contribution in [1.29, 1.82) is 0 Å². The van der Waals surface area contributed by atoms with E-state index in [4.69, 9.17) is 9.47 Å². The number of nitrogens with zero attached hydrogens (tertiary/aromatic N) is 1. The maximum Gasteiger partial charge on any atom is 0.410 e. The van der Waals surface area contributed by atoms with Gasteiger partial charge in [-0.15, -0.1) is 0 Å². The molecule has 1 amide bonds.